The first kappa shape index (κ1) is 10.6. The molecule has 0 aromatic carbocycles. The van der Waals surface area contributed by atoms with Gasteiger partial charge in [-0.1, -0.05) is 0 Å². The van der Waals surface area contributed by atoms with E-state index in [9.17, 15) is 9.59 Å². The maximum atomic E-state index is 11.8. The van der Waals surface area contributed by atoms with Gasteiger partial charge in [-0.25, -0.2) is 5.01 Å². The average molecular weight is 210 g/mol. The van der Waals surface area contributed by atoms with E-state index < -0.39 is 0 Å². The summed E-state index contributed by atoms with van der Waals surface area (Å²) in [5.41, 5.74) is 0. The predicted molar refractivity (Wildman–Crippen MR) is 56.0 cm³/mol. The highest BCUT2D eigenvalue weighted by Crippen LogP contribution is 2.29. The molecule has 1 saturated heterocycles. The van der Waals surface area contributed by atoms with Crippen molar-refractivity contribution in [3.05, 3.63) is 0 Å². The van der Waals surface area contributed by atoms with Crippen molar-refractivity contribution < 1.29 is 9.59 Å². The molecule has 4 nitrogen and oxygen atoms in total. The van der Waals surface area contributed by atoms with Gasteiger partial charge in [0, 0.05) is 32.0 Å². The lowest BCUT2D eigenvalue weighted by Gasteiger charge is -2.46. The second-order valence-corrected chi connectivity index (χ2v) is 4.34. The van der Waals surface area contributed by atoms with Gasteiger partial charge in [-0.3, -0.25) is 9.80 Å². The molecule has 1 aliphatic carbocycles. The van der Waals surface area contributed by atoms with Gasteiger partial charge in [0.1, 0.15) is 6.29 Å². The summed E-state index contributed by atoms with van der Waals surface area (Å²) in [6.07, 6.45) is 6.55. The smallest absolute Gasteiger partial charge is 0.237 e. The summed E-state index contributed by atoms with van der Waals surface area (Å²) in [6.45, 7) is 1.63. The van der Waals surface area contributed by atoms with Gasteiger partial charge >= 0.3 is 0 Å². The standard InChI is InChI=1S/C11H18N2O2/c14-9-3-8-12-7-2-6-11(15)13(12)10-4-1-5-10/h9-10H,1-8H2. The normalized spacial score (nSPS) is 24.0. The number of rotatable bonds is 4. The molecule has 1 heterocycles. The van der Waals surface area contributed by atoms with Crippen molar-refractivity contribution in [2.45, 2.75) is 44.6 Å². The highest BCUT2D eigenvalue weighted by atomic mass is 16.2. The quantitative estimate of drug-likeness (QED) is 0.649. The van der Waals surface area contributed by atoms with Crippen molar-refractivity contribution in [1.82, 2.24) is 10.0 Å². The van der Waals surface area contributed by atoms with Crippen LogP contribution in [0, 0.1) is 0 Å². The lowest BCUT2D eigenvalue weighted by Crippen LogP contribution is -2.57. The van der Waals surface area contributed by atoms with Crippen molar-refractivity contribution in [2.75, 3.05) is 13.1 Å². The molecule has 0 aromatic rings. The molecular weight excluding hydrogens is 192 g/mol. The van der Waals surface area contributed by atoms with Crippen molar-refractivity contribution in [1.29, 1.82) is 0 Å². The number of nitrogens with zero attached hydrogens (tertiary/aromatic N) is 2. The van der Waals surface area contributed by atoms with Gasteiger partial charge in [0.15, 0.2) is 0 Å². The van der Waals surface area contributed by atoms with Crippen molar-refractivity contribution in [3.8, 4) is 0 Å². The Balaban J connectivity index is 1.97. The zero-order chi connectivity index (χ0) is 10.7. The molecule has 1 saturated carbocycles. The second kappa shape index (κ2) is 4.75. The van der Waals surface area contributed by atoms with Crippen LogP contribution in [0.15, 0.2) is 0 Å². The molecule has 84 valence electrons. The van der Waals surface area contributed by atoms with Gasteiger partial charge < -0.3 is 4.79 Å². The van der Waals surface area contributed by atoms with E-state index >= 15 is 0 Å². The first-order valence-corrected chi connectivity index (χ1v) is 5.83. The molecule has 4 heteroatoms. The number of hydrazine groups is 1. The third kappa shape index (κ3) is 2.20. The van der Waals surface area contributed by atoms with Crippen LogP contribution >= 0.6 is 0 Å². The third-order valence-corrected chi connectivity index (χ3v) is 3.29. The summed E-state index contributed by atoms with van der Waals surface area (Å²) in [5, 5.41) is 4.00. The first-order valence-electron chi connectivity index (χ1n) is 5.83. The van der Waals surface area contributed by atoms with Crippen LogP contribution in [0.5, 0.6) is 0 Å². The Morgan fingerprint density at radius 2 is 2.13 bits per heavy atom. The van der Waals surface area contributed by atoms with Gasteiger partial charge in [0.25, 0.3) is 0 Å². The minimum absolute atomic E-state index is 0.247. The Labute approximate surface area is 90.2 Å². The molecule has 0 bridgehead atoms. The minimum Gasteiger partial charge on any atom is -0.303 e. The zero-order valence-corrected chi connectivity index (χ0v) is 9.02. The summed E-state index contributed by atoms with van der Waals surface area (Å²) < 4.78 is 0. The van der Waals surface area contributed by atoms with Crippen LogP contribution in [0.2, 0.25) is 0 Å². The lowest BCUT2D eigenvalue weighted by atomic mass is 9.91. The van der Waals surface area contributed by atoms with Crippen LogP contribution in [0.1, 0.15) is 38.5 Å². The zero-order valence-electron chi connectivity index (χ0n) is 9.02. The van der Waals surface area contributed by atoms with E-state index in [0.29, 0.717) is 25.4 Å². The van der Waals surface area contributed by atoms with E-state index in [4.69, 9.17) is 0 Å². The van der Waals surface area contributed by atoms with Crippen LogP contribution in [-0.4, -0.2) is 41.3 Å². The van der Waals surface area contributed by atoms with E-state index in [1.807, 2.05) is 5.01 Å². The Morgan fingerprint density at radius 1 is 1.33 bits per heavy atom. The fraction of sp³-hybridized carbons (Fsp3) is 0.818. The van der Waals surface area contributed by atoms with Crippen LogP contribution in [0.3, 0.4) is 0 Å². The molecule has 0 spiro atoms. The molecule has 0 unspecified atom stereocenters. The van der Waals surface area contributed by atoms with E-state index in [-0.39, 0.29) is 5.91 Å². The number of amides is 1. The van der Waals surface area contributed by atoms with Gasteiger partial charge in [-0.2, -0.15) is 0 Å². The van der Waals surface area contributed by atoms with Gasteiger partial charge in [-0.15, -0.1) is 0 Å². The van der Waals surface area contributed by atoms with Crippen LogP contribution < -0.4 is 0 Å². The predicted octanol–water partition coefficient (Wildman–Crippen LogP) is 0.967. The van der Waals surface area contributed by atoms with Gasteiger partial charge in [0.2, 0.25) is 5.91 Å². The molecule has 0 N–H and O–H groups in total. The van der Waals surface area contributed by atoms with E-state index in [1.165, 1.54) is 6.42 Å². The molecule has 0 atom stereocenters. The maximum Gasteiger partial charge on any atom is 0.237 e. The summed E-state index contributed by atoms with van der Waals surface area (Å²) >= 11 is 0. The largest absolute Gasteiger partial charge is 0.303 e. The maximum absolute atomic E-state index is 11.8. The summed E-state index contributed by atoms with van der Waals surface area (Å²) in [6, 6.07) is 0.421. The third-order valence-electron chi connectivity index (χ3n) is 3.29. The highest BCUT2D eigenvalue weighted by molar-refractivity contribution is 5.76. The van der Waals surface area contributed by atoms with E-state index in [0.717, 1.165) is 32.1 Å². The van der Waals surface area contributed by atoms with Gasteiger partial charge in [-0.05, 0) is 25.7 Å². The van der Waals surface area contributed by atoms with Crippen LogP contribution in [0.4, 0.5) is 0 Å². The summed E-state index contributed by atoms with van der Waals surface area (Å²) in [4.78, 5) is 22.2. The Bertz CT molecular complexity index is 251. The number of hydrogen-bond donors (Lipinski definition) is 0. The Morgan fingerprint density at radius 3 is 2.73 bits per heavy atom. The highest BCUT2D eigenvalue weighted by Gasteiger charge is 2.34. The summed E-state index contributed by atoms with van der Waals surface area (Å²) in [5.74, 6) is 0.247. The summed E-state index contributed by atoms with van der Waals surface area (Å²) in [7, 11) is 0. The topological polar surface area (TPSA) is 40.6 Å². The SMILES string of the molecule is O=CCCN1CCCC(=O)N1C1CCC1. The van der Waals surface area contributed by atoms with E-state index in [2.05, 4.69) is 5.01 Å². The molecule has 2 aliphatic rings. The number of carbonyl (C=O) groups excluding carboxylic acids is 2. The fourth-order valence-electron chi connectivity index (χ4n) is 2.28. The Hall–Kier alpha value is -0.900. The van der Waals surface area contributed by atoms with E-state index in [1.54, 1.807) is 0 Å². The molecule has 0 radical (unpaired) electrons. The molecule has 0 aromatic heterocycles. The molecule has 15 heavy (non-hydrogen) atoms. The first-order chi connectivity index (χ1) is 7.33. The van der Waals surface area contributed by atoms with Crippen molar-refractivity contribution in [3.63, 3.8) is 0 Å². The van der Waals surface area contributed by atoms with Crippen LogP contribution in [0.25, 0.3) is 0 Å². The molecule has 2 rings (SSSR count). The van der Waals surface area contributed by atoms with Crippen molar-refractivity contribution in [2.24, 2.45) is 0 Å². The average Bonchev–Trinajstić information content (AvgIpc) is 2.16. The number of hydrogen-bond acceptors (Lipinski definition) is 3. The lowest BCUT2D eigenvalue weighted by molar-refractivity contribution is -0.167. The van der Waals surface area contributed by atoms with Crippen LogP contribution in [-0.2, 0) is 9.59 Å². The minimum atomic E-state index is 0.247. The number of aldehydes is 1. The van der Waals surface area contributed by atoms with Crippen molar-refractivity contribution >= 4 is 12.2 Å². The molecule has 1 aliphatic heterocycles. The Kier molecular flexibility index (Phi) is 3.36. The second-order valence-electron chi connectivity index (χ2n) is 4.34. The number of carbonyl (C=O) groups is 2. The monoisotopic (exact) mass is 210 g/mol. The van der Waals surface area contributed by atoms with Gasteiger partial charge in [0.05, 0.1) is 0 Å². The molecule has 2 fully saturated rings. The molecule has 1 amide bonds. The fourth-order valence-corrected chi connectivity index (χ4v) is 2.28. The molecular formula is C11H18N2O2.